The standard InChI is InChI=1S/C12H30N4Si/c1-11(2,3)15-13-10(8-7-9-17)14-16-12(4,5)6/h8,13-16H,7,9H2,1-6,17H3. The Bertz CT molecular complexity index is 218. The van der Waals surface area contributed by atoms with Crippen molar-refractivity contribution >= 4 is 10.2 Å². The van der Waals surface area contributed by atoms with Crippen molar-refractivity contribution in [1.82, 2.24) is 21.7 Å². The van der Waals surface area contributed by atoms with Gasteiger partial charge in [0.15, 0.2) is 0 Å². The molecule has 0 heterocycles. The third kappa shape index (κ3) is 11.7. The number of nitrogens with one attached hydrogen (secondary N) is 4. The molecular weight excluding hydrogens is 228 g/mol. The molecule has 0 saturated carbocycles. The zero-order valence-electron chi connectivity index (χ0n) is 12.5. The van der Waals surface area contributed by atoms with E-state index in [9.17, 15) is 0 Å². The van der Waals surface area contributed by atoms with E-state index in [1.54, 1.807) is 0 Å². The molecule has 0 fully saturated rings. The van der Waals surface area contributed by atoms with Gasteiger partial charge in [-0.25, -0.2) is 10.9 Å². The minimum Gasteiger partial charge on any atom is -0.306 e. The zero-order chi connectivity index (χ0) is 13.5. The van der Waals surface area contributed by atoms with Crippen LogP contribution in [-0.4, -0.2) is 21.3 Å². The first-order chi connectivity index (χ1) is 7.64. The third-order valence-electron chi connectivity index (χ3n) is 1.78. The summed E-state index contributed by atoms with van der Waals surface area (Å²) in [5.41, 5.74) is 13.0. The molecule has 0 unspecified atom stereocenters. The lowest BCUT2D eigenvalue weighted by molar-refractivity contribution is 0.335. The fourth-order valence-electron chi connectivity index (χ4n) is 0.932. The van der Waals surface area contributed by atoms with E-state index in [1.807, 2.05) is 0 Å². The highest BCUT2D eigenvalue weighted by atomic mass is 28.1. The van der Waals surface area contributed by atoms with E-state index in [0.717, 1.165) is 12.2 Å². The van der Waals surface area contributed by atoms with Crippen molar-refractivity contribution < 1.29 is 0 Å². The lowest BCUT2D eigenvalue weighted by atomic mass is 10.1. The fraction of sp³-hybridized carbons (Fsp3) is 0.833. The van der Waals surface area contributed by atoms with Crippen LogP contribution in [0.15, 0.2) is 11.9 Å². The van der Waals surface area contributed by atoms with Gasteiger partial charge in [0.25, 0.3) is 0 Å². The van der Waals surface area contributed by atoms with Gasteiger partial charge in [-0.15, -0.1) is 0 Å². The van der Waals surface area contributed by atoms with Crippen LogP contribution in [0.2, 0.25) is 6.04 Å². The Morgan fingerprint density at radius 1 is 0.941 bits per heavy atom. The molecule has 0 aromatic heterocycles. The van der Waals surface area contributed by atoms with E-state index >= 15 is 0 Å². The minimum atomic E-state index is 0.0451. The van der Waals surface area contributed by atoms with Gasteiger partial charge in [-0.3, -0.25) is 0 Å². The van der Waals surface area contributed by atoms with E-state index < -0.39 is 0 Å². The maximum absolute atomic E-state index is 3.26. The average Bonchev–Trinajstić information content (AvgIpc) is 2.13. The molecule has 0 aromatic carbocycles. The SMILES string of the molecule is CC(C)(C)NNC(=CCC[SiH3])NNC(C)(C)C. The van der Waals surface area contributed by atoms with Crippen molar-refractivity contribution in [1.29, 1.82) is 0 Å². The molecule has 5 heteroatoms. The second kappa shape index (κ2) is 7.03. The summed E-state index contributed by atoms with van der Waals surface area (Å²) >= 11 is 0. The number of allylic oxidation sites excluding steroid dienone is 1. The lowest BCUT2D eigenvalue weighted by Gasteiger charge is -2.27. The summed E-state index contributed by atoms with van der Waals surface area (Å²) in [6.45, 7) is 12.8. The molecule has 0 amide bonds. The quantitative estimate of drug-likeness (QED) is 0.420. The average molecular weight is 258 g/mol. The van der Waals surface area contributed by atoms with E-state index in [1.165, 1.54) is 16.3 Å². The van der Waals surface area contributed by atoms with Gasteiger partial charge in [0, 0.05) is 21.3 Å². The molecule has 4 nitrogen and oxygen atoms in total. The molecule has 0 aromatic rings. The van der Waals surface area contributed by atoms with E-state index in [4.69, 9.17) is 0 Å². The Kier molecular flexibility index (Phi) is 6.82. The van der Waals surface area contributed by atoms with Gasteiger partial charge in [-0.1, -0.05) is 6.04 Å². The Balaban J connectivity index is 4.25. The fourth-order valence-corrected chi connectivity index (χ4v) is 1.22. The molecule has 0 bridgehead atoms. The van der Waals surface area contributed by atoms with Gasteiger partial charge in [0.05, 0.1) is 0 Å². The number of hydrogen-bond donors (Lipinski definition) is 4. The van der Waals surface area contributed by atoms with E-state index in [0.29, 0.717) is 0 Å². The number of hydrazine groups is 2. The van der Waals surface area contributed by atoms with Crippen molar-refractivity contribution in [2.45, 2.75) is 65.1 Å². The molecule has 0 rings (SSSR count). The Hall–Kier alpha value is -0.523. The van der Waals surface area contributed by atoms with E-state index in [-0.39, 0.29) is 11.1 Å². The monoisotopic (exact) mass is 258 g/mol. The Labute approximate surface area is 109 Å². The van der Waals surface area contributed by atoms with Crippen LogP contribution in [0.4, 0.5) is 0 Å². The van der Waals surface area contributed by atoms with Crippen LogP contribution >= 0.6 is 0 Å². The first kappa shape index (κ1) is 16.5. The van der Waals surface area contributed by atoms with Crippen LogP contribution in [0.3, 0.4) is 0 Å². The van der Waals surface area contributed by atoms with Crippen LogP contribution in [0.5, 0.6) is 0 Å². The van der Waals surface area contributed by atoms with E-state index in [2.05, 4.69) is 69.3 Å². The number of rotatable bonds is 6. The molecule has 0 aliphatic heterocycles. The molecule has 0 aliphatic carbocycles. The molecule has 102 valence electrons. The molecule has 0 saturated heterocycles. The first-order valence-corrected chi connectivity index (χ1v) is 7.82. The number of hydrogen-bond acceptors (Lipinski definition) is 4. The van der Waals surface area contributed by atoms with Crippen LogP contribution < -0.4 is 21.7 Å². The highest BCUT2D eigenvalue weighted by Crippen LogP contribution is 1.99. The largest absolute Gasteiger partial charge is 0.306 e. The summed E-state index contributed by atoms with van der Waals surface area (Å²) in [7, 11) is 1.24. The Morgan fingerprint density at radius 3 is 1.65 bits per heavy atom. The molecule has 0 spiro atoms. The molecule has 0 atom stereocenters. The summed E-state index contributed by atoms with van der Waals surface area (Å²) < 4.78 is 0. The normalized spacial score (nSPS) is 12.4. The van der Waals surface area contributed by atoms with Crippen molar-refractivity contribution in [3.05, 3.63) is 11.9 Å². The minimum absolute atomic E-state index is 0.0451. The highest BCUT2D eigenvalue weighted by Gasteiger charge is 2.11. The molecule has 0 radical (unpaired) electrons. The maximum atomic E-state index is 3.26. The smallest absolute Gasteiger partial charge is 0.123 e. The van der Waals surface area contributed by atoms with Crippen molar-refractivity contribution in [3.63, 3.8) is 0 Å². The summed E-state index contributed by atoms with van der Waals surface area (Å²) in [5, 5.41) is 0. The zero-order valence-corrected chi connectivity index (χ0v) is 14.5. The topological polar surface area (TPSA) is 48.1 Å². The lowest BCUT2D eigenvalue weighted by Crippen LogP contribution is -2.53. The van der Waals surface area contributed by atoms with Crippen molar-refractivity contribution in [2.24, 2.45) is 0 Å². The molecule has 17 heavy (non-hydrogen) atoms. The highest BCUT2D eigenvalue weighted by molar-refractivity contribution is 6.08. The van der Waals surface area contributed by atoms with Gasteiger partial charge < -0.3 is 10.9 Å². The van der Waals surface area contributed by atoms with Crippen molar-refractivity contribution in [3.8, 4) is 0 Å². The third-order valence-corrected chi connectivity index (χ3v) is 2.36. The van der Waals surface area contributed by atoms with Crippen LogP contribution in [-0.2, 0) is 0 Å². The summed E-state index contributed by atoms with van der Waals surface area (Å²) in [5.74, 6) is 0.991. The summed E-state index contributed by atoms with van der Waals surface area (Å²) in [4.78, 5) is 0. The van der Waals surface area contributed by atoms with Crippen LogP contribution in [0, 0.1) is 0 Å². The second-order valence-electron chi connectivity index (χ2n) is 6.41. The summed E-state index contributed by atoms with van der Waals surface area (Å²) in [6, 6.07) is 1.28. The summed E-state index contributed by atoms with van der Waals surface area (Å²) in [6.07, 6.45) is 3.30. The second-order valence-corrected chi connectivity index (χ2v) is 7.41. The maximum Gasteiger partial charge on any atom is 0.123 e. The van der Waals surface area contributed by atoms with Gasteiger partial charge in [-0.2, -0.15) is 0 Å². The molecule has 4 N–H and O–H groups in total. The van der Waals surface area contributed by atoms with Gasteiger partial charge >= 0.3 is 0 Å². The predicted molar refractivity (Wildman–Crippen MR) is 79.5 cm³/mol. The van der Waals surface area contributed by atoms with Crippen LogP contribution in [0.1, 0.15) is 48.0 Å². The van der Waals surface area contributed by atoms with Gasteiger partial charge in [0.1, 0.15) is 5.82 Å². The first-order valence-electron chi connectivity index (χ1n) is 6.40. The molecular formula is C12H30N4Si. The molecule has 0 aliphatic rings. The van der Waals surface area contributed by atoms with Crippen molar-refractivity contribution in [2.75, 3.05) is 0 Å². The van der Waals surface area contributed by atoms with Crippen LogP contribution in [0.25, 0.3) is 0 Å². The van der Waals surface area contributed by atoms with Gasteiger partial charge in [0.2, 0.25) is 0 Å². The van der Waals surface area contributed by atoms with Gasteiger partial charge in [-0.05, 0) is 54.0 Å². The predicted octanol–water partition coefficient (Wildman–Crippen LogP) is 0.787. The Morgan fingerprint density at radius 2 is 1.35 bits per heavy atom.